The number of hydrogen-bond donors (Lipinski definition) is 3. The van der Waals surface area contributed by atoms with Crippen LogP contribution in [0.3, 0.4) is 0 Å². The van der Waals surface area contributed by atoms with Crippen molar-refractivity contribution in [3.05, 3.63) is 18.0 Å². The molecule has 21 heavy (non-hydrogen) atoms. The summed E-state index contributed by atoms with van der Waals surface area (Å²) in [6.07, 6.45) is 2.53. The fourth-order valence-corrected chi connectivity index (χ4v) is 3.23. The number of hydrogen-bond acceptors (Lipinski definition) is 4. The third-order valence-corrected chi connectivity index (χ3v) is 5.35. The molecule has 0 unspecified atom stereocenters. The Hall–Kier alpha value is -1.38. The molecular weight excluding hydrogens is 296 g/mol. The number of aliphatic hydroxyl groups excluding tert-OH is 1. The molecule has 0 aliphatic heterocycles. The lowest BCUT2D eigenvalue weighted by atomic mass is 9.84. The summed E-state index contributed by atoms with van der Waals surface area (Å²) >= 11 is 0. The number of aromatic nitrogens is 1. The maximum atomic E-state index is 12.2. The van der Waals surface area contributed by atoms with Gasteiger partial charge in [-0.25, -0.2) is 17.9 Å². The van der Waals surface area contributed by atoms with E-state index in [1.165, 1.54) is 17.8 Å². The van der Waals surface area contributed by atoms with Gasteiger partial charge in [-0.1, -0.05) is 13.8 Å². The van der Waals surface area contributed by atoms with E-state index >= 15 is 0 Å². The summed E-state index contributed by atoms with van der Waals surface area (Å²) in [6.45, 7) is 3.77. The van der Waals surface area contributed by atoms with Crippen molar-refractivity contribution in [1.29, 1.82) is 0 Å². The molecule has 0 saturated carbocycles. The van der Waals surface area contributed by atoms with E-state index in [9.17, 15) is 18.3 Å². The molecule has 0 fully saturated rings. The first kappa shape index (κ1) is 17.7. The molecule has 8 heteroatoms. The molecule has 0 radical (unpaired) electrons. The van der Waals surface area contributed by atoms with Crippen LogP contribution in [0.1, 0.15) is 37.2 Å². The molecule has 1 rings (SSSR count). The molecule has 7 nitrogen and oxygen atoms in total. The molecule has 120 valence electrons. The minimum absolute atomic E-state index is 0.0959. The Kier molecular flexibility index (Phi) is 5.54. The molecule has 0 bridgehead atoms. The first-order valence-corrected chi connectivity index (χ1v) is 8.20. The van der Waals surface area contributed by atoms with Gasteiger partial charge in [0.15, 0.2) is 0 Å². The first-order chi connectivity index (χ1) is 9.71. The topological polar surface area (TPSA) is 109 Å². The van der Waals surface area contributed by atoms with Gasteiger partial charge in [-0.2, -0.15) is 0 Å². The lowest BCUT2D eigenvalue weighted by Gasteiger charge is -2.29. The third kappa shape index (κ3) is 3.84. The summed E-state index contributed by atoms with van der Waals surface area (Å²) in [5.41, 5.74) is -0.605. The van der Waals surface area contributed by atoms with Gasteiger partial charge < -0.3 is 14.8 Å². The maximum Gasteiger partial charge on any atom is 0.352 e. The summed E-state index contributed by atoms with van der Waals surface area (Å²) < 4.78 is 28.1. The van der Waals surface area contributed by atoms with Crippen molar-refractivity contribution in [3.8, 4) is 0 Å². The second-order valence-corrected chi connectivity index (χ2v) is 6.93. The summed E-state index contributed by atoms with van der Waals surface area (Å²) in [4.78, 5) is 10.9. The Balaban J connectivity index is 2.97. The van der Waals surface area contributed by atoms with Crippen LogP contribution in [0.4, 0.5) is 0 Å². The van der Waals surface area contributed by atoms with E-state index < -0.39 is 21.4 Å². The number of aryl methyl sites for hydroxylation is 1. The zero-order valence-electron chi connectivity index (χ0n) is 12.5. The lowest BCUT2D eigenvalue weighted by Crippen LogP contribution is -2.39. The number of carboxylic acid groups (broad SMARTS) is 1. The van der Waals surface area contributed by atoms with Gasteiger partial charge in [0.25, 0.3) is 0 Å². The molecule has 1 aromatic rings. The van der Waals surface area contributed by atoms with Crippen LogP contribution in [0.25, 0.3) is 0 Å². The van der Waals surface area contributed by atoms with Crippen LogP contribution in [0.5, 0.6) is 0 Å². The molecule has 0 atom stereocenters. The van der Waals surface area contributed by atoms with Gasteiger partial charge in [0.05, 0.1) is 0 Å². The SMILES string of the molecule is CCC(CC)(CO)CNS(=O)(=O)c1cc(C(=O)O)n(C)c1. The van der Waals surface area contributed by atoms with Crippen molar-refractivity contribution in [1.82, 2.24) is 9.29 Å². The van der Waals surface area contributed by atoms with Crippen molar-refractivity contribution in [3.63, 3.8) is 0 Å². The molecule has 0 spiro atoms. The summed E-state index contributed by atoms with van der Waals surface area (Å²) in [5, 5.41) is 18.4. The quantitative estimate of drug-likeness (QED) is 0.657. The lowest BCUT2D eigenvalue weighted by molar-refractivity contribution is 0.0686. The highest BCUT2D eigenvalue weighted by atomic mass is 32.2. The second kappa shape index (κ2) is 6.59. The average Bonchev–Trinajstić information content (AvgIpc) is 2.84. The van der Waals surface area contributed by atoms with Crippen molar-refractivity contribution in [2.45, 2.75) is 31.6 Å². The fourth-order valence-electron chi connectivity index (χ4n) is 2.00. The molecule has 0 saturated heterocycles. The zero-order chi connectivity index (χ0) is 16.3. The summed E-state index contributed by atoms with van der Waals surface area (Å²) in [6, 6.07) is 1.11. The summed E-state index contributed by atoms with van der Waals surface area (Å²) in [7, 11) is -2.33. The first-order valence-electron chi connectivity index (χ1n) is 6.71. The van der Waals surface area contributed by atoms with Gasteiger partial charge in [0, 0.05) is 31.8 Å². The number of nitrogens with one attached hydrogen (secondary N) is 1. The number of carboxylic acids is 1. The van der Waals surface area contributed by atoms with Crippen LogP contribution in [-0.4, -0.2) is 42.3 Å². The zero-order valence-corrected chi connectivity index (χ0v) is 13.3. The minimum atomic E-state index is -3.80. The normalized spacial score (nSPS) is 12.6. The Bertz CT molecular complexity index is 594. The number of aliphatic hydroxyl groups is 1. The predicted molar refractivity (Wildman–Crippen MR) is 77.7 cm³/mol. The molecular formula is C13H22N2O5S. The number of sulfonamides is 1. The van der Waals surface area contributed by atoms with E-state index in [1.807, 2.05) is 13.8 Å². The number of rotatable bonds is 8. The fraction of sp³-hybridized carbons (Fsp3) is 0.615. The van der Waals surface area contributed by atoms with Gasteiger partial charge in [-0.3, -0.25) is 0 Å². The molecule has 0 aliphatic rings. The van der Waals surface area contributed by atoms with Gasteiger partial charge >= 0.3 is 5.97 Å². The Morgan fingerprint density at radius 3 is 2.33 bits per heavy atom. The molecule has 0 aliphatic carbocycles. The van der Waals surface area contributed by atoms with E-state index in [1.54, 1.807) is 0 Å². The predicted octanol–water partition coefficient (Wildman–Crippen LogP) is 0.800. The van der Waals surface area contributed by atoms with E-state index in [-0.39, 0.29) is 23.7 Å². The number of aromatic carboxylic acids is 1. The average molecular weight is 318 g/mol. The van der Waals surface area contributed by atoms with E-state index in [4.69, 9.17) is 5.11 Å². The Morgan fingerprint density at radius 2 is 1.95 bits per heavy atom. The second-order valence-electron chi connectivity index (χ2n) is 5.17. The molecule has 3 N–H and O–H groups in total. The van der Waals surface area contributed by atoms with Crippen LogP contribution in [-0.2, 0) is 17.1 Å². The van der Waals surface area contributed by atoms with Crippen LogP contribution in [0, 0.1) is 5.41 Å². The molecule has 1 heterocycles. The maximum absolute atomic E-state index is 12.2. The standard InChI is InChI=1S/C13H22N2O5S/c1-4-13(5-2,9-16)8-14-21(19,20)10-6-11(12(17)18)15(3)7-10/h6-7,14,16H,4-5,8-9H2,1-3H3,(H,17,18). The highest BCUT2D eigenvalue weighted by Gasteiger charge is 2.28. The Morgan fingerprint density at radius 1 is 1.38 bits per heavy atom. The molecule has 0 aromatic carbocycles. The van der Waals surface area contributed by atoms with Crippen LogP contribution in [0.2, 0.25) is 0 Å². The van der Waals surface area contributed by atoms with Crippen molar-refractivity contribution in [2.24, 2.45) is 12.5 Å². The third-order valence-electron chi connectivity index (χ3n) is 3.98. The molecule has 0 amide bonds. The van der Waals surface area contributed by atoms with E-state index in [0.717, 1.165) is 6.07 Å². The van der Waals surface area contributed by atoms with E-state index in [2.05, 4.69) is 4.72 Å². The number of nitrogens with zero attached hydrogens (tertiary/aromatic N) is 1. The van der Waals surface area contributed by atoms with Gasteiger partial charge in [0.1, 0.15) is 10.6 Å². The number of carbonyl (C=O) groups is 1. The largest absolute Gasteiger partial charge is 0.477 e. The Labute approximate surface area is 124 Å². The summed E-state index contributed by atoms with van der Waals surface area (Å²) in [5.74, 6) is -1.19. The monoisotopic (exact) mass is 318 g/mol. The van der Waals surface area contributed by atoms with Crippen LogP contribution >= 0.6 is 0 Å². The van der Waals surface area contributed by atoms with Gasteiger partial charge in [0.2, 0.25) is 10.0 Å². The van der Waals surface area contributed by atoms with E-state index in [0.29, 0.717) is 12.8 Å². The van der Waals surface area contributed by atoms with Crippen molar-refractivity contribution < 1.29 is 23.4 Å². The van der Waals surface area contributed by atoms with Crippen molar-refractivity contribution in [2.75, 3.05) is 13.2 Å². The van der Waals surface area contributed by atoms with Crippen LogP contribution in [0.15, 0.2) is 17.2 Å². The van der Waals surface area contributed by atoms with Gasteiger partial charge in [-0.05, 0) is 18.9 Å². The highest BCUT2D eigenvalue weighted by Crippen LogP contribution is 2.25. The van der Waals surface area contributed by atoms with Crippen molar-refractivity contribution >= 4 is 16.0 Å². The van der Waals surface area contributed by atoms with Crippen LogP contribution < -0.4 is 4.72 Å². The smallest absolute Gasteiger partial charge is 0.352 e. The molecule has 1 aromatic heterocycles. The van der Waals surface area contributed by atoms with Gasteiger partial charge in [-0.15, -0.1) is 0 Å². The minimum Gasteiger partial charge on any atom is -0.477 e. The highest BCUT2D eigenvalue weighted by molar-refractivity contribution is 7.89.